The third kappa shape index (κ3) is 3.94. The number of carbonyl (C=O) groups is 1. The summed E-state index contributed by atoms with van der Waals surface area (Å²) < 4.78 is 63.9. The normalized spacial score (nSPS) is 11.5. The van der Waals surface area contributed by atoms with E-state index in [0.29, 0.717) is 6.07 Å². The maximum atomic E-state index is 13.6. The molecule has 0 saturated heterocycles. The van der Waals surface area contributed by atoms with Crippen molar-refractivity contribution < 1.29 is 26.4 Å². The van der Waals surface area contributed by atoms with Crippen LogP contribution < -0.4 is 10.9 Å². The summed E-state index contributed by atoms with van der Waals surface area (Å²) in [6.07, 6.45) is 0. The second-order valence-electron chi connectivity index (χ2n) is 5.14. The molecule has 0 unspecified atom stereocenters. The highest BCUT2D eigenvalue weighted by molar-refractivity contribution is 7.92. The van der Waals surface area contributed by atoms with Crippen LogP contribution in [-0.2, 0) is 14.6 Å². The molecule has 0 aliphatic carbocycles. The Morgan fingerprint density at radius 1 is 1.08 bits per heavy atom. The Morgan fingerprint density at radius 3 is 2.46 bits per heavy atom. The van der Waals surface area contributed by atoms with Crippen LogP contribution in [-0.4, -0.2) is 25.1 Å². The zero-order valence-electron chi connectivity index (χ0n) is 12.8. The van der Waals surface area contributed by atoms with Crippen LogP contribution in [0.25, 0.3) is 10.2 Å². The van der Waals surface area contributed by atoms with E-state index in [2.05, 4.69) is 15.8 Å². The number of aromatic nitrogens is 1. The molecule has 0 saturated carbocycles. The lowest BCUT2D eigenvalue weighted by molar-refractivity contribution is -0.118. The number of fused-ring (bicyclic) bond motifs is 1. The maximum absolute atomic E-state index is 13.6. The Bertz CT molecular complexity index is 1080. The highest BCUT2D eigenvalue weighted by atomic mass is 32.2. The van der Waals surface area contributed by atoms with E-state index in [-0.39, 0.29) is 20.2 Å². The van der Waals surface area contributed by atoms with E-state index < -0.39 is 38.9 Å². The Balaban J connectivity index is 1.67. The van der Waals surface area contributed by atoms with Crippen LogP contribution in [0.2, 0.25) is 0 Å². The van der Waals surface area contributed by atoms with E-state index >= 15 is 0 Å². The van der Waals surface area contributed by atoms with E-state index in [1.807, 2.05) is 0 Å². The van der Waals surface area contributed by atoms with Crippen LogP contribution in [0.5, 0.6) is 0 Å². The summed E-state index contributed by atoms with van der Waals surface area (Å²) in [6, 6.07) is 5.81. The molecule has 1 heterocycles. The zero-order valence-corrected chi connectivity index (χ0v) is 14.4. The molecule has 136 valence electrons. The first-order chi connectivity index (χ1) is 12.2. The largest absolute Gasteiger partial charge is 0.273 e. The van der Waals surface area contributed by atoms with Crippen LogP contribution >= 0.6 is 11.3 Å². The van der Waals surface area contributed by atoms with Crippen molar-refractivity contribution in [2.75, 3.05) is 11.2 Å². The number of hydrogen-bond acceptors (Lipinski definition) is 6. The SMILES string of the molecule is O=C(CS(=O)(=O)c1ccc(F)cc1)NNc1nc2c(F)cc(F)cc2s1. The van der Waals surface area contributed by atoms with Gasteiger partial charge in [0.1, 0.15) is 22.9 Å². The van der Waals surface area contributed by atoms with Gasteiger partial charge in [0.05, 0.1) is 9.60 Å². The first kappa shape index (κ1) is 18.1. The summed E-state index contributed by atoms with van der Waals surface area (Å²) in [5.41, 5.74) is 4.40. The van der Waals surface area contributed by atoms with Crippen molar-refractivity contribution in [3.05, 3.63) is 53.8 Å². The molecule has 1 amide bonds. The van der Waals surface area contributed by atoms with Gasteiger partial charge in [-0.2, -0.15) is 0 Å². The lowest BCUT2D eigenvalue weighted by Gasteiger charge is -2.06. The van der Waals surface area contributed by atoms with Gasteiger partial charge >= 0.3 is 0 Å². The molecule has 0 bridgehead atoms. The van der Waals surface area contributed by atoms with Crippen LogP contribution in [0.15, 0.2) is 41.3 Å². The number of sulfone groups is 1. The van der Waals surface area contributed by atoms with Crippen molar-refractivity contribution in [2.45, 2.75) is 4.90 Å². The van der Waals surface area contributed by atoms with Crippen LogP contribution in [0.1, 0.15) is 0 Å². The van der Waals surface area contributed by atoms with Crippen molar-refractivity contribution in [1.29, 1.82) is 0 Å². The second kappa shape index (κ2) is 6.92. The molecule has 3 rings (SSSR count). The second-order valence-corrected chi connectivity index (χ2v) is 8.16. The Morgan fingerprint density at radius 2 is 1.77 bits per heavy atom. The Labute approximate surface area is 149 Å². The van der Waals surface area contributed by atoms with Gasteiger partial charge in [0.25, 0.3) is 5.91 Å². The summed E-state index contributed by atoms with van der Waals surface area (Å²) in [7, 11) is -3.96. The number of nitrogens with zero attached hydrogens (tertiary/aromatic N) is 1. The summed E-state index contributed by atoms with van der Waals surface area (Å²) in [4.78, 5) is 15.5. The quantitative estimate of drug-likeness (QED) is 0.507. The van der Waals surface area contributed by atoms with Crippen molar-refractivity contribution >= 4 is 42.4 Å². The lowest BCUT2D eigenvalue weighted by atomic mass is 10.3. The third-order valence-corrected chi connectivity index (χ3v) is 5.77. The van der Waals surface area contributed by atoms with E-state index in [4.69, 9.17) is 0 Å². The van der Waals surface area contributed by atoms with Crippen molar-refractivity contribution in [3.63, 3.8) is 0 Å². The highest BCUT2D eigenvalue weighted by Gasteiger charge is 2.20. The Hall–Kier alpha value is -2.66. The molecule has 6 nitrogen and oxygen atoms in total. The van der Waals surface area contributed by atoms with Gasteiger partial charge in [-0.3, -0.25) is 15.6 Å². The van der Waals surface area contributed by atoms with Gasteiger partial charge in [-0.15, -0.1) is 0 Å². The van der Waals surface area contributed by atoms with Crippen LogP contribution in [0.3, 0.4) is 0 Å². The van der Waals surface area contributed by atoms with Gasteiger partial charge in [-0.25, -0.2) is 26.6 Å². The van der Waals surface area contributed by atoms with Crippen LogP contribution in [0.4, 0.5) is 18.3 Å². The molecule has 0 fully saturated rings. The summed E-state index contributed by atoms with van der Waals surface area (Å²) in [5, 5.41) is 0.0528. The van der Waals surface area contributed by atoms with Gasteiger partial charge in [0.15, 0.2) is 15.7 Å². The average Bonchev–Trinajstić information content (AvgIpc) is 2.96. The molecule has 0 aliphatic heterocycles. The molecule has 2 N–H and O–H groups in total. The minimum atomic E-state index is -3.96. The van der Waals surface area contributed by atoms with E-state index in [9.17, 15) is 26.4 Å². The van der Waals surface area contributed by atoms with Gasteiger partial charge in [0.2, 0.25) is 5.13 Å². The summed E-state index contributed by atoms with van der Waals surface area (Å²) >= 11 is 0.875. The fourth-order valence-electron chi connectivity index (χ4n) is 2.07. The van der Waals surface area contributed by atoms with Crippen molar-refractivity contribution in [1.82, 2.24) is 10.4 Å². The van der Waals surface area contributed by atoms with E-state index in [0.717, 1.165) is 41.7 Å². The van der Waals surface area contributed by atoms with E-state index in [1.54, 1.807) is 0 Å². The number of hydrazine groups is 1. The molecule has 0 spiro atoms. The number of halogens is 3. The molecule has 1 aromatic heterocycles. The number of benzene rings is 2. The molecule has 11 heteroatoms. The molecule has 0 aliphatic rings. The van der Waals surface area contributed by atoms with Gasteiger partial charge in [-0.05, 0) is 30.3 Å². The van der Waals surface area contributed by atoms with Gasteiger partial charge < -0.3 is 0 Å². The standard InChI is InChI=1S/C15H10F3N3O3S2/c16-8-1-3-10(4-2-8)26(23,24)7-13(22)20-21-15-19-14-11(18)5-9(17)6-12(14)25-15/h1-6H,7H2,(H,19,21)(H,20,22). The lowest BCUT2D eigenvalue weighted by Crippen LogP contribution is -2.34. The predicted octanol–water partition coefficient (Wildman–Crippen LogP) is 2.63. The fourth-order valence-corrected chi connectivity index (χ4v) is 4.06. The monoisotopic (exact) mass is 401 g/mol. The van der Waals surface area contributed by atoms with Gasteiger partial charge in [-0.1, -0.05) is 11.3 Å². The number of thiazole rings is 1. The maximum Gasteiger partial charge on any atom is 0.253 e. The number of anilines is 1. The molecular formula is C15H10F3N3O3S2. The van der Waals surface area contributed by atoms with Crippen molar-refractivity contribution in [3.8, 4) is 0 Å². The highest BCUT2D eigenvalue weighted by Crippen LogP contribution is 2.28. The molecule has 0 radical (unpaired) electrons. The molecule has 2 aromatic carbocycles. The number of nitrogens with one attached hydrogen (secondary N) is 2. The molecule has 3 aromatic rings. The smallest absolute Gasteiger partial charge is 0.253 e. The molecule has 26 heavy (non-hydrogen) atoms. The third-order valence-electron chi connectivity index (χ3n) is 3.22. The minimum Gasteiger partial charge on any atom is -0.273 e. The number of rotatable bonds is 5. The fraction of sp³-hybridized carbons (Fsp3) is 0.0667. The number of hydrogen-bond donors (Lipinski definition) is 2. The number of amides is 1. The summed E-state index contributed by atoms with van der Waals surface area (Å²) in [6.45, 7) is 0. The zero-order chi connectivity index (χ0) is 18.9. The molecule has 0 atom stereocenters. The Kier molecular flexibility index (Phi) is 4.83. The first-order valence-electron chi connectivity index (χ1n) is 7.03. The van der Waals surface area contributed by atoms with E-state index in [1.165, 1.54) is 0 Å². The minimum absolute atomic E-state index is 0.0528. The first-order valence-corrected chi connectivity index (χ1v) is 9.50. The summed E-state index contributed by atoms with van der Waals surface area (Å²) in [5.74, 6) is -4.01. The average molecular weight is 401 g/mol. The van der Waals surface area contributed by atoms with Crippen molar-refractivity contribution in [2.24, 2.45) is 0 Å². The number of carbonyl (C=O) groups excluding carboxylic acids is 1. The molecular weight excluding hydrogens is 391 g/mol. The van der Waals surface area contributed by atoms with Gasteiger partial charge in [0, 0.05) is 6.07 Å². The predicted molar refractivity (Wildman–Crippen MR) is 89.8 cm³/mol. The van der Waals surface area contributed by atoms with Crippen LogP contribution in [0, 0.1) is 17.5 Å². The topological polar surface area (TPSA) is 88.2 Å².